The van der Waals surface area contributed by atoms with Gasteiger partial charge < -0.3 is 9.30 Å². The molecule has 3 aromatic rings. The monoisotopic (exact) mass is 349 g/mol. The summed E-state index contributed by atoms with van der Waals surface area (Å²) in [6.07, 6.45) is 1.82. The van der Waals surface area contributed by atoms with Gasteiger partial charge in [0.1, 0.15) is 12.4 Å². The van der Waals surface area contributed by atoms with Crippen molar-refractivity contribution in [3.63, 3.8) is 0 Å². The quantitative estimate of drug-likeness (QED) is 0.715. The van der Waals surface area contributed by atoms with Crippen molar-refractivity contribution in [3.8, 4) is 5.75 Å². The predicted molar refractivity (Wildman–Crippen MR) is 85.7 cm³/mol. The van der Waals surface area contributed by atoms with E-state index in [9.17, 15) is 4.79 Å². The number of aromatic nitrogens is 1. The molecule has 3 nitrogen and oxygen atoms in total. The fourth-order valence-corrected chi connectivity index (χ4v) is 3.15. The van der Waals surface area contributed by atoms with E-state index in [1.165, 1.54) is 0 Å². The summed E-state index contributed by atoms with van der Waals surface area (Å²) in [5.41, 5.74) is 0.0431. The molecule has 1 aromatic carbocycles. The number of rotatable bonds is 4. The van der Waals surface area contributed by atoms with Crippen LogP contribution in [0.3, 0.4) is 0 Å². The number of thiophene rings is 1. The predicted octanol–water partition coefficient (Wildman–Crippen LogP) is 3.90. The molecular weight excluding hydrogens is 338 g/mol. The highest BCUT2D eigenvalue weighted by Gasteiger charge is 2.03. The molecule has 0 aliphatic heterocycles. The fourth-order valence-electron chi connectivity index (χ4n) is 2.00. The lowest BCUT2D eigenvalue weighted by molar-refractivity contribution is 0.296. The Balaban J connectivity index is 1.71. The van der Waals surface area contributed by atoms with Crippen molar-refractivity contribution in [2.75, 3.05) is 6.61 Å². The molecule has 0 saturated carbocycles. The molecular formula is C15H12BrNO2S. The molecule has 5 heteroatoms. The standard InChI is InChI=1S/C15H12BrNO2S/c16-11-2-1-3-12(10-11)19-8-7-17-6-4-14-13(15(17)18)5-9-20-14/h1-6,9-10H,7-8H2. The van der Waals surface area contributed by atoms with Crippen LogP contribution in [-0.2, 0) is 6.54 Å². The van der Waals surface area contributed by atoms with E-state index >= 15 is 0 Å². The zero-order valence-electron chi connectivity index (χ0n) is 10.6. The maximum atomic E-state index is 12.2. The highest BCUT2D eigenvalue weighted by atomic mass is 79.9. The Kier molecular flexibility index (Phi) is 3.89. The van der Waals surface area contributed by atoms with Gasteiger partial charge in [-0.3, -0.25) is 4.79 Å². The van der Waals surface area contributed by atoms with Gasteiger partial charge in [0.2, 0.25) is 0 Å². The normalized spacial score (nSPS) is 10.8. The molecule has 0 spiro atoms. The molecule has 20 heavy (non-hydrogen) atoms. The summed E-state index contributed by atoms with van der Waals surface area (Å²) >= 11 is 4.98. The molecule has 3 rings (SSSR count). The highest BCUT2D eigenvalue weighted by molar-refractivity contribution is 9.10. The van der Waals surface area contributed by atoms with Gasteiger partial charge in [-0.2, -0.15) is 0 Å². The molecule has 0 aliphatic rings. The lowest BCUT2D eigenvalue weighted by Gasteiger charge is -2.08. The van der Waals surface area contributed by atoms with Gasteiger partial charge in [0.05, 0.1) is 11.9 Å². The van der Waals surface area contributed by atoms with E-state index in [4.69, 9.17) is 4.74 Å². The molecule has 0 unspecified atom stereocenters. The molecule has 0 atom stereocenters. The van der Waals surface area contributed by atoms with Gasteiger partial charge in [0, 0.05) is 15.4 Å². The van der Waals surface area contributed by atoms with Crippen LogP contribution in [0.4, 0.5) is 0 Å². The van der Waals surface area contributed by atoms with E-state index in [1.54, 1.807) is 15.9 Å². The topological polar surface area (TPSA) is 31.2 Å². The van der Waals surface area contributed by atoms with Crippen LogP contribution in [0.2, 0.25) is 0 Å². The Morgan fingerprint density at radius 2 is 2.15 bits per heavy atom. The van der Waals surface area contributed by atoms with Crippen molar-refractivity contribution in [3.05, 3.63) is 62.8 Å². The van der Waals surface area contributed by atoms with Crippen molar-refractivity contribution >= 4 is 37.4 Å². The van der Waals surface area contributed by atoms with Crippen LogP contribution in [0, 0.1) is 0 Å². The molecule has 0 N–H and O–H groups in total. The van der Waals surface area contributed by atoms with Crippen LogP contribution in [-0.4, -0.2) is 11.2 Å². The first kappa shape index (κ1) is 13.4. The maximum absolute atomic E-state index is 12.2. The van der Waals surface area contributed by atoms with Gasteiger partial charge in [-0.1, -0.05) is 22.0 Å². The van der Waals surface area contributed by atoms with Gasteiger partial charge >= 0.3 is 0 Å². The largest absolute Gasteiger partial charge is 0.492 e. The lowest BCUT2D eigenvalue weighted by Crippen LogP contribution is -2.22. The minimum Gasteiger partial charge on any atom is -0.492 e. The first-order valence-electron chi connectivity index (χ1n) is 6.19. The highest BCUT2D eigenvalue weighted by Crippen LogP contribution is 2.18. The van der Waals surface area contributed by atoms with Crippen molar-refractivity contribution in [2.45, 2.75) is 6.54 Å². The van der Waals surface area contributed by atoms with E-state index in [2.05, 4.69) is 15.9 Å². The van der Waals surface area contributed by atoms with Crippen LogP contribution >= 0.6 is 27.3 Å². The molecule has 0 bridgehead atoms. The van der Waals surface area contributed by atoms with Gasteiger partial charge in [-0.25, -0.2) is 0 Å². The molecule has 0 aliphatic carbocycles. The van der Waals surface area contributed by atoms with Crippen LogP contribution in [0.15, 0.2) is 57.2 Å². The average molecular weight is 350 g/mol. The number of ether oxygens (including phenoxy) is 1. The van der Waals surface area contributed by atoms with Gasteiger partial charge in [-0.15, -0.1) is 11.3 Å². The zero-order chi connectivity index (χ0) is 13.9. The third-order valence-corrected chi connectivity index (χ3v) is 4.36. The van der Waals surface area contributed by atoms with Gasteiger partial charge in [0.25, 0.3) is 5.56 Å². The Labute approximate surface area is 128 Å². The van der Waals surface area contributed by atoms with E-state index in [1.807, 2.05) is 48.0 Å². The summed E-state index contributed by atoms with van der Waals surface area (Å²) in [6.45, 7) is 1.00. The number of nitrogens with zero attached hydrogens (tertiary/aromatic N) is 1. The summed E-state index contributed by atoms with van der Waals surface area (Å²) < 4.78 is 9.35. The van der Waals surface area contributed by atoms with Crippen LogP contribution in [0.5, 0.6) is 5.75 Å². The minimum atomic E-state index is 0.0431. The number of hydrogen-bond donors (Lipinski definition) is 0. The molecule has 2 aromatic heterocycles. The smallest absolute Gasteiger partial charge is 0.259 e. The molecule has 0 amide bonds. The SMILES string of the molecule is O=c1c2ccsc2ccn1CCOc1cccc(Br)c1. The second-order valence-corrected chi connectivity index (χ2v) is 6.18. The Morgan fingerprint density at radius 1 is 1.25 bits per heavy atom. The second kappa shape index (κ2) is 5.81. The first-order valence-corrected chi connectivity index (χ1v) is 7.86. The summed E-state index contributed by atoms with van der Waals surface area (Å²) in [7, 11) is 0. The Hall–Kier alpha value is -1.59. The average Bonchev–Trinajstić information content (AvgIpc) is 2.91. The number of halogens is 1. The van der Waals surface area contributed by atoms with Crippen molar-refractivity contribution in [1.82, 2.24) is 4.57 Å². The third kappa shape index (κ3) is 2.78. The number of hydrogen-bond acceptors (Lipinski definition) is 3. The first-order chi connectivity index (χ1) is 9.74. The summed E-state index contributed by atoms with van der Waals surface area (Å²) in [6, 6.07) is 11.5. The fraction of sp³-hybridized carbons (Fsp3) is 0.133. The maximum Gasteiger partial charge on any atom is 0.259 e. The van der Waals surface area contributed by atoms with E-state index < -0.39 is 0 Å². The van der Waals surface area contributed by atoms with Crippen LogP contribution in [0.1, 0.15) is 0 Å². The lowest BCUT2D eigenvalue weighted by atomic mass is 10.3. The second-order valence-electron chi connectivity index (χ2n) is 4.32. The van der Waals surface area contributed by atoms with Crippen molar-refractivity contribution < 1.29 is 4.74 Å². The van der Waals surface area contributed by atoms with Gasteiger partial charge in [0.15, 0.2) is 0 Å². The summed E-state index contributed by atoms with van der Waals surface area (Å²) in [5, 5.41) is 2.72. The molecule has 0 saturated heterocycles. The zero-order valence-corrected chi connectivity index (χ0v) is 13.0. The third-order valence-electron chi connectivity index (χ3n) is 2.99. The van der Waals surface area contributed by atoms with E-state index in [0.717, 1.165) is 20.3 Å². The van der Waals surface area contributed by atoms with E-state index in [-0.39, 0.29) is 5.56 Å². The summed E-state index contributed by atoms with van der Waals surface area (Å²) in [4.78, 5) is 12.2. The van der Waals surface area contributed by atoms with Crippen LogP contribution in [0.25, 0.3) is 10.1 Å². The van der Waals surface area contributed by atoms with E-state index in [0.29, 0.717) is 13.2 Å². The molecule has 0 radical (unpaired) electrons. The van der Waals surface area contributed by atoms with Crippen LogP contribution < -0.4 is 10.3 Å². The molecule has 0 fully saturated rings. The number of pyridine rings is 1. The summed E-state index contributed by atoms with van der Waals surface area (Å²) in [5.74, 6) is 0.795. The number of fused-ring (bicyclic) bond motifs is 1. The molecule has 2 heterocycles. The van der Waals surface area contributed by atoms with Gasteiger partial charge in [-0.05, 0) is 35.7 Å². The Bertz CT molecular complexity index is 794. The Morgan fingerprint density at radius 3 is 3.00 bits per heavy atom. The van der Waals surface area contributed by atoms with Crippen molar-refractivity contribution in [2.24, 2.45) is 0 Å². The molecule has 102 valence electrons. The van der Waals surface area contributed by atoms with Crippen molar-refractivity contribution in [1.29, 1.82) is 0 Å². The number of benzene rings is 1. The minimum absolute atomic E-state index is 0.0431.